The summed E-state index contributed by atoms with van der Waals surface area (Å²) < 4.78 is 11.7. The number of carbonyl (C=O) groups is 2. The minimum Gasteiger partial charge on any atom is -0.478 e. The second-order valence-electron chi connectivity index (χ2n) is 6.61. The van der Waals surface area contributed by atoms with E-state index in [1.54, 1.807) is 12.3 Å². The standard InChI is InChI=1S/C19H18N2O5/c1-9-7-11(8-13-10(2)17(19(23)24)26-16(9)13)25-14-5-6-20-18-12(14)3-4-15(22)21-18/h5-8,10,17H,3-4H2,1-2H3,(H,23,24)(H,20,21,22). The quantitative estimate of drug-likeness (QED) is 0.879. The number of nitrogens with zero attached hydrogens (tertiary/aromatic N) is 1. The molecule has 26 heavy (non-hydrogen) atoms. The predicted octanol–water partition coefficient (Wildman–Crippen LogP) is 3.02. The van der Waals surface area contributed by atoms with E-state index >= 15 is 0 Å². The van der Waals surface area contributed by atoms with Crippen LogP contribution in [0.5, 0.6) is 17.2 Å². The van der Waals surface area contributed by atoms with E-state index in [1.165, 1.54) is 0 Å². The van der Waals surface area contributed by atoms with Gasteiger partial charge in [-0.05, 0) is 37.1 Å². The summed E-state index contributed by atoms with van der Waals surface area (Å²) in [7, 11) is 0. The van der Waals surface area contributed by atoms with Gasteiger partial charge in [-0.3, -0.25) is 4.79 Å². The minimum atomic E-state index is -0.977. The maximum absolute atomic E-state index is 11.5. The number of carbonyl (C=O) groups excluding carboxylic acids is 1. The molecule has 2 aliphatic rings. The third-order valence-corrected chi connectivity index (χ3v) is 4.81. The van der Waals surface area contributed by atoms with Crippen LogP contribution in [0.1, 0.15) is 36.0 Å². The van der Waals surface area contributed by atoms with E-state index in [1.807, 2.05) is 26.0 Å². The van der Waals surface area contributed by atoms with Crippen molar-refractivity contribution in [3.63, 3.8) is 0 Å². The number of carboxylic acids is 1. The van der Waals surface area contributed by atoms with Crippen molar-refractivity contribution in [2.24, 2.45) is 0 Å². The van der Waals surface area contributed by atoms with Gasteiger partial charge >= 0.3 is 5.97 Å². The summed E-state index contributed by atoms with van der Waals surface area (Å²) in [6.07, 6.45) is 1.66. The van der Waals surface area contributed by atoms with Gasteiger partial charge < -0.3 is 19.9 Å². The van der Waals surface area contributed by atoms with Gasteiger partial charge in [-0.2, -0.15) is 0 Å². The van der Waals surface area contributed by atoms with Crippen LogP contribution >= 0.6 is 0 Å². The van der Waals surface area contributed by atoms with Crippen molar-refractivity contribution in [1.29, 1.82) is 0 Å². The molecule has 0 spiro atoms. The molecule has 1 amide bonds. The first-order valence-corrected chi connectivity index (χ1v) is 8.43. The maximum Gasteiger partial charge on any atom is 0.345 e. The van der Waals surface area contributed by atoms with Crippen molar-refractivity contribution in [1.82, 2.24) is 4.98 Å². The first-order chi connectivity index (χ1) is 12.4. The summed E-state index contributed by atoms with van der Waals surface area (Å²) in [4.78, 5) is 27.1. The predicted molar refractivity (Wildman–Crippen MR) is 92.9 cm³/mol. The van der Waals surface area contributed by atoms with Crippen molar-refractivity contribution >= 4 is 17.7 Å². The van der Waals surface area contributed by atoms with Gasteiger partial charge in [0.05, 0.1) is 0 Å². The summed E-state index contributed by atoms with van der Waals surface area (Å²) in [5.41, 5.74) is 2.51. The topological polar surface area (TPSA) is 97.8 Å². The number of hydrogen-bond acceptors (Lipinski definition) is 5. The molecule has 3 heterocycles. The summed E-state index contributed by atoms with van der Waals surface area (Å²) in [5.74, 6) is 1.08. The summed E-state index contributed by atoms with van der Waals surface area (Å²) in [6, 6.07) is 5.41. The van der Waals surface area contributed by atoms with Gasteiger partial charge in [0.2, 0.25) is 12.0 Å². The number of amides is 1. The Morgan fingerprint density at radius 2 is 2.19 bits per heavy atom. The third kappa shape index (κ3) is 2.65. The Morgan fingerprint density at radius 1 is 1.38 bits per heavy atom. The molecule has 7 nitrogen and oxygen atoms in total. The average molecular weight is 354 g/mol. The van der Waals surface area contributed by atoms with Crippen molar-refractivity contribution in [2.45, 2.75) is 38.7 Å². The van der Waals surface area contributed by atoms with E-state index in [0.29, 0.717) is 35.9 Å². The molecule has 0 saturated carbocycles. The molecule has 2 atom stereocenters. The molecule has 0 aliphatic carbocycles. The first-order valence-electron chi connectivity index (χ1n) is 8.43. The molecular formula is C19H18N2O5. The third-order valence-electron chi connectivity index (χ3n) is 4.81. The number of carboxylic acid groups (broad SMARTS) is 1. The second kappa shape index (κ2) is 6.01. The van der Waals surface area contributed by atoms with Crippen LogP contribution in [0, 0.1) is 6.92 Å². The van der Waals surface area contributed by atoms with Crippen LogP contribution in [0.3, 0.4) is 0 Å². The summed E-state index contributed by atoms with van der Waals surface area (Å²) in [6.45, 7) is 3.70. The van der Waals surface area contributed by atoms with Gasteiger partial charge in [0.1, 0.15) is 23.1 Å². The van der Waals surface area contributed by atoms with Crippen molar-refractivity contribution in [3.8, 4) is 17.2 Å². The molecule has 7 heteroatoms. The molecule has 0 fully saturated rings. The number of aromatic nitrogens is 1. The summed E-state index contributed by atoms with van der Waals surface area (Å²) >= 11 is 0. The highest BCUT2D eigenvalue weighted by Gasteiger charge is 2.37. The highest BCUT2D eigenvalue weighted by atomic mass is 16.5. The van der Waals surface area contributed by atoms with Crippen LogP contribution in [0.2, 0.25) is 0 Å². The van der Waals surface area contributed by atoms with Crippen molar-refractivity contribution in [3.05, 3.63) is 41.1 Å². The number of ether oxygens (including phenoxy) is 2. The monoisotopic (exact) mass is 354 g/mol. The number of benzene rings is 1. The second-order valence-corrected chi connectivity index (χ2v) is 6.61. The fourth-order valence-electron chi connectivity index (χ4n) is 3.46. The molecule has 2 N–H and O–H groups in total. The molecule has 4 rings (SSSR count). The Balaban J connectivity index is 1.68. The molecule has 2 aromatic rings. The van der Waals surface area contributed by atoms with E-state index in [0.717, 1.165) is 16.7 Å². The fraction of sp³-hybridized carbons (Fsp3) is 0.316. The normalized spacial score (nSPS) is 20.6. The first kappa shape index (κ1) is 16.4. The van der Waals surface area contributed by atoms with Gasteiger partial charge in [0.25, 0.3) is 0 Å². The highest BCUT2D eigenvalue weighted by molar-refractivity contribution is 5.93. The molecular weight excluding hydrogens is 336 g/mol. The molecule has 134 valence electrons. The van der Waals surface area contributed by atoms with Crippen LogP contribution in [0.15, 0.2) is 24.4 Å². The fourth-order valence-corrected chi connectivity index (χ4v) is 3.46. The number of anilines is 1. The molecule has 0 radical (unpaired) electrons. The van der Waals surface area contributed by atoms with Crippen LogP contribution in [-0.2, 0) is 16.0 Å². The Hall–Kier alpha value is -3.09. The number of aryl methyl sites for hydroxylation is 1. The Labute approximate surface area is 150 Å². The van der Waals surface area contributed by atoms with Crippen LogP contribution < -0.4 is 14.8 Å². The summed E-state index contributed by atoms with van der Waals surface area (Å²) in [5, 5.41) is 12.1. The number of rotatable bonds is 3. The largest absolute Gasteiger partial charge is 0.478 e. The van der Waals surface area contributed by atoms with Crippen LogP contribution in [0.25, 0.3) is 0 Å². The SMILES string of the molecule is Cc1cc(Oc2ccnc3c2CCC(=O)N3)cc2c1OC(C(=O)O)C2C. The number of fused-ring (bicyclic) bond motifs is 2. The molecule has 2 aliphatic heterocycles. The van der Waals surface area contributed by atoms with Crippen molar-refractivity contribution in [2.75, 3.05) is 5.32 Å². The lowest BCUT2D eigenvalue weighted by Crippen LogP contribution is -2.27. The maximum atomic E-state index is 11.5. The van der Waals surface area contributed by atoms with Crippen molar-refractivity contribution < 1.29 is 24.2 Å². The Bertz CT molecular complexity index is 924. The Kier molecular flexibility index (Phi) is 3.79. The van der Waals surface area contributed by atoms with Gasteiger partial charge in [0.15, 0.2) is 0 Å². The van der Waals surface area contributed by atoms with Gasteiger partial charge in [-0.1, -0.05) is 6.92 Å². The number of aliphatic carboxylic acids is 1. The average Bonchev–Trinajstić information content (AvgIpc) is 2.93. The Morgan fingerprint density at radius 3 is 2.96 bits per heavy atom. The number of pyridine rings is 1. The minimum absolute atomic E-state index is 0.0544. The van der Waals surface area contributed by atoms with Gasteiger partial charge in [0, 0.05) is 29.7 Å². The van der Waals surface area contributed by atoms with E-state index in [9.17, 15) is 14.7 Å². The van der Waals surface area contributed by atoms with Crippen LogP contribution in [0.4, 0.5) is 5.82 Å². The van der Waals surface area contributed by atoms with E-state index in [2.05, 4.69) is 10.3 Å². The van der Waals surface area contributed by atoms with E-state index in [-0.39, 0.29) is 11.8 Å². The zero-order chi connectivity index (χ0) is 18.4. The van der Waals surface area contributed by atoms with Gasteiger partial charge in [-0.25, -0.2) is 9.78 Å². The lowest BCUT2D eigenvalue weighted by Gasteiger charge is -2.19. The lowest BCUT2D eigenvalue weighted by atomic mass is 9.96. The number of nitrogens with one attached hydrogen (secondary N) is 1. The molecule has 1 aromatic carbocycles. The smallest absolute Gasteiger partial charge is 0.345 e. The molecule has 2 unspecified atom stereocenters. The molecule has 1 aromatic heterocycles. The molecule has 0 saturated heterocycles. The van der Waals surface area contributed by atoms with E-state index < -0.39 is 12.1 Å². The van der Waals surface area contributed by atoms with E-state index in [4.69, 9.17) is 9.47 Å². The zero-order valence-electron chi connectivity index (χ0n) is 14.4. The highest BCUT2D eigenvalue weighted by Crippen LogP contribution is 2.44. The lowest BCUT2D eigenvalue weighted by molar-refractivity contribution is -0.145. The molecule has 0 bridgehead atoms. The van der Waals surface area contributed by atoms with Gasteiger partial charge in [-0.15, -0.1) is 0 Å². The van der Waals surface area contributed by atoms with Crippen LogP contribution in [-0.4, -0.2) is 28.1 Å². The number of hydrogen-bond donors (Lipinski definition) is 2. The zero-order valence-corrected chi connectivity index (χ0v) is 14.4.